The second kappa shape index (κ2) is 11.5. The molecule has 0 saturated heterocycles. The predicted octanol–water partition coefficient (Wildman–Crippen LogP) is 6.02. The number of amides is 1. The third-order valence-electron chi connectivity index (χ3n) is 4.69. The molecular weight excluding hydrogens is 505 g/mol. The molecule has 0 spiro atoms. The number of ether oxygens (including phenoxy) is 2. The van der Waals surface area contributed by atoms with E-state index in [4.69, 9.17) is 21.1 Å². The van der Waals surface area contributed by atoms with Crippen molar-refractivity contribution in [3.8, 4) is 11.5 Å². The largest absolute Gasteiger partial charge is 0.497 e. The highest BCUT2D eigenvalue weighted by Gasteiger charge is 2.34. The maximum atomic E-state index is 13.3. The van der Waals surface area contributed by atoms with Crippen LogP contribution < -0.4 is 14.8 Å². The summed E-state index contributed by atoms with van der Waals surface area (Å²) in [6.45, 7) is 5.88. The molecule has 0 radical (unpaired) electrons. The Morgan fingerprint density at radius 1 is 1.23 bits per heavy atom. The summed E-state index contributed by atoms with van der Waals surface area (Å²) in [6, 6.07) is 10.2. The quantitative estimate of drug-likeness (QED) is 0.257. The molecule has 186 valence electrons. The normalized spacial score (nSPS) is 12.2. The van der Waals surface area contributed by atoms with Crippen LogP contribution in [-0.2, 0) is 17.5 Å². The smallest absolute Gasteiger partial charge is 0.418 e. The maximum absolute atomic E-state index is 13.3. The summed E-state index contributed by atoms with van der Waals surface area (Å²) in [4.78, 5) is 12.4. The van der Waals surface area contributed by atoms with Gasteiger partial charge < -0.3 is 14.8 Å². The van der Waals surface area contributed by atoms with Crippen LogP contribution >= 0.6 is 23.4 Å². The van der Waals surface area contributed by atoms with Crippen LogP contribution in [0.4, 0.5) is 18.9 Å². The minimum Gasteiger partial charge on any atom is -0.497 e. The molecule has 0 aliphatic rings. The van der Waals surface area contributed by atoms with Crippen molar-refractivity contribution in [2.45, 2.75) is 30.9 Å². The molecule has 1 heterocycles. The van der Waals surface area contributed by atoms with Crippen LogP contribution in [0.5, 0.6) is 11.5 Å². The van der Waals surface area contributed by atoms with E-state index in [9.17, 15) is 18.0 Å². The van der Waals surface area contributed by atoms with Gasteiger partial charge in [-0.05, 0) is 49.4 Å². The first-order valence-electron chi connectivity index (χ1n) is 10.3. The lowest BCUT2D eigenvalue weighted by Crippen LogP contribution is -2.18. The summed E-state index contributed by atoms with van der Waals surface area (Å²) in [7, 11) is 1.57. The van der Waals surface area contributed by atoms with Crippen LogP contribution in [-0.4, -0.2) is 33.5 Å². The van der Waals surface area contributed by atoms with Crippen LogP contribution in [0.15, 0.2) is 60.3 Å². The van der Waals surface area contributed by atoms with E-state index >= 15 is 0 Å². The van der Waals surface area contributed by atoms with Gasteiger partial charge in [-0.3, -0.25) is 9.36 Å². The lowest BCUT2D eigenvalue weighted by atomic mass is 10.1. The number of carbonyl (C=O) groups excluding carboxylic acids is 1. The Bertz CT molecular complexity index is 1190. The second-order valence-electron chi connectivity index (χ2n) is 7.20. The molecule has 12 heteroatoms. The number of halogens is 4. The number of carbonyl (C=O) groups is 1. The number of thioether (sulfide) groups is 1. The van der Waals surface area contributed by atoms with Crippen LogP contribution in [0, 0.1) is 0 Å². The molecule has 0 bridgehead atoms. The first-order chi connectivity index (χ1) is 16.6. The van der Waals surface area contributed by atoms with Crippen molar-refractivity contribution in [3.63, 3.8) is 0 Å². The van der Waals surface area contributed by atoms with Gasteiger partial charge in [-0.15, -0.1) is 16.8 Å². The van der Waals surface area contributed by atoms with Gasteiger partial charge in [0.25, 0.3) is 0 Å². The van der Waals surface area contributed by atoms with Gasteiger partial charge in [0.05, 0.1) is 24.1 Å². The van der Waals surface area contributed by atoms with E-state index in [1.54, 1.807) is 48.9 Å². The van der Waals surface area contributed by atoms with Crippen molar-refractivity contribution in [3.05, 3.63) is 71.5 Å². The molecule has 0 aliphatic carbocycles. The Morgan fingerprint density at radius 3 is 2.54 bits per heavy atom. The summed E-state index contributed by atoms with van der Waals surface area (Å²) in [6.07, 6.45) is -3.51. The number of allylic oxidation sites excluding steroid dienone is 1. The Kier molecular flexibility index (Phi) is 8.68. The lowest BCUT2D eigenvalue weighted by molar-refractivity contribution is -0.137. The molecule has 0 fully saturated rings. The van der Waals surface area contributed by atoms with Crippen molar-refractivity contribution in [2.75, 3.05) is 18.2 Å². The highest BCUT2D eigenvalue weighted by molar-refractivity contribution is 7.99. The molecule has 35 heavy (non-hydrogen) atoms. The standard InChI is InChI=1S/C23H22ClF3N4O3S/c1-4-11-31-21(14(2)34-17-8-6-16(33-3)7-9-17)29-30-22(31)35-13-20(32)28-19-10-5-15(24)12-18(19)23(25,26)27/h4-10,12,14H,1,11,13H2,2-3H3,(H,28,32). The van der Waals surface area contributed by atoms with Crippen LogP contribution in [0.1, 0.15) is 24.4 Å². The number of rotatable bonds is 10. The first-order valence-corrected chi connectivity index (χ1v) is 11.6. The van der Waals surface area contributed by atoms with Crippen LogP contribution in [0.25, 0.3) is 0 Å². The second-order valence-corrected chi connectivity index (χ2v) is 8.58. The number of aromatic nitrogens is 3. The van der Waals surface area contributed by atoms with E-state index in [2.05, 4.69) is 22.1 Å². The molecule has 1 atom stereocenters. The van der Waals surface area contributed by atoms with Gasteiger partial charge in [-0.1, -0.05) is 29.4 Å². The molecule has 1 unspecified atom stereocenters. The van der Waals surface area contributed by atoms with Crippen molar-refractivity contribution in [2.24, 2.45) is 0 Å². The van der Waals surface area contributed by atoms with Gasteiger partial charge in [-0.2, -0.15) is 13.2 Å². The zero-order valence-electron chi connectivity index (χ0n) is 18.8. The summed E-state index contributed by atoms with van der Waals surface area (Å²) >= 11 is 6.71. The van der Waals surface area contributed by atoms with Crippen LogP contribution in [0.3, 0.4) is 0 Å². The van der Waals surface area contributed by atoms with E-state index in [1.165, 1.54) is 6.07 Å². The fourth-order valence-electron chi connectivity index (χ4n) is 3.10. The number of alkyl halides is 3. The van der Waals surface area contributed by atoms with Crippen molar-refractivity contribution in [1.82, 2.24) is 14.8 Å². The number of anilines is 1. The van der Waals surface area contributed by atoms with E-state index < -0.39 is 23.8 Å². The van der Waals surface area contributed by atoms with Gasteiger partial charge in [0.1, 0.15) is 11.5 Å². The highest BCUT2D eigenvalue weighted by Crippen LogP contribution is 2.36. The molecule has 1 amide bonds. The van der Waals surface area contributed by atoms with Gasteiger partial charge in [0.15, 0.2) is 17.1 Å². The fourth-order valence-corrected chi connectivity index (χ4v) is 4.02. The van der Waals surface area contributed by atoms with Crippen molar-refractivity contribution in [1.29, 1.82) is 0 Å². The highest BCUT2D eigenvalue weighted by atomic mass is 35.5. The van der Waals surface area contributed by atoms with Gasteiger partial charge >= 0.3 is 6.18 Å². The van der Waals surface area contributed by atoms with E-state index in [0.29, 0.717) is 29.0 Å². The minimum atomic E-state index is -4.67. The number of hydrogen-bond donors (Lipinski definition) is 1. The summed E-state index contributed by atoms with van der Waals surface area (Å²) in [5.74, 6) is 0.963. The summed E-state index contributed by atoms with van der Waals surface area (Å²) < 4.78 is 52.6. The monoisotopic (exact) mass is 526 g/mol. The predicted molar refractivity (Wildman–Crippen MR) is 128 cm³/mol. The lowest BCUT2D eigenvalue weighted by Gasteiger charge is -2.16. The molecule has 1 aromatic heterocycles. The third-order valence-corrected chi connectivity index (χ3v) is 5.89. The zero-order valence-corrected chi connectivity index (χ0v) is 20.4. The fraction of sp³-hybridized carbons (Fsp3) is 0.261. The maximum Gasteiger partial charge on any atom is 0.418 e. The van der Waals surface area contributed by atoms with E-state index in [1.807, 2.05) is 0 Å². The Labute approximate surface area is 209 Å². The zero-order chi connectivity index (χ0) is 25.6. The molecule has 0 aliphatic heterocycles. The summed E-state index contributed by atoms with van der Waals surface area (Å²) in [5, 5.41) is 10.9. The van der Waals surface area contributed by atoms with Gasteiger partial charge in [-0.25, -0.2) is 0 Å². The topological polar surface area (TPSA) is 78.3 Å². The Morgan fingerprint density at radius 2 is 1.91 bits per heavy atom. The Hall–Kier alpha value is -3.18. The van der Waals surface area contributed by atoms with Crippen LogP contribution in [0.2, 0.25) is 5.02 Å². The average molecular weight is 527 g/mol. The van der Waals surface area contributed by atoms with E-state index in [0.717, 1.165) is 23.9 Å². The number of nitrogens with one attached hydrogen (secondary N) is 1. The number of hydrogen-bond acceptors (Lipinski definition) is 6. The molecule has 2 aromatic carbocycles. The summed E-state index contributed by atoms with van der Waals surface area (Å²) in [5.41, 5.74) is -1.40. The number of methoxy groups -OCH3 is 1. The SMILES string of the molecule is C=CCn1c(SCC(=O)Nc2ccc(Cl)cc2C(F)(F)F)nnc1C(C)Oc1ccc(OC)cc1. The van der Waals surface area contributed by atoms with Crippen molar-refractivity contribution < 1.29 is 27.4 Å². The third kappa shape index (κ3) is 6.92. The van der Waals surface area contributed by atoms with Gasteiger partial charge in [0, 0.05) is 11.6 Å². The van der Waals surface area contributed by atoms with Gasteiger partial charge in [0.2, 0.25) is 5.91 Å². The van der Waals surface area contributed by atoms with Crippen molar-refractivity contribution >= 4 is 35.0 Å². The number of benzene rings is 2. The molecule has 7 nitrogen and oxygen atoms in total. The molecule has 1 N–H and O–H groups in total. The molecular formula is C23H22ClF3N4O3S. The first kappa shape index (κ1) is 26.4. The minimum absolute atomic E-state index is 0.0827. The average Bonchev–Trinajstić information content (AvgIpc) is 3.21. The Balaban J connectivity index is 1.70. The molecule has 0 saturated carbocycles. The molecule has 3 aromatic rings. The number of nitrogens with zero attached hydrogens (tertiary/aromatic N) is 3. The van der Waals surface area contributed by atoms with E-state index in [-0.39, 0.29) is 16.5 Å². The molecule has 3 rings (SSSR count).